The SMILES string of the molecule is CC1(C)COC1.CCCC(=O)OCC1CCC(c2cc(Nc3ccc4c(c3F)CS(=S)C4)n[nH]2)C1. The molecule has 1 saturated heterocycles. The highest BCUT2D eigenvalue weighted by atomic mass is 32.8. The molecule has 2 N–H and O–H groups in total. The Morgan fingerprint density at radius 3 is 2.80 bits per heavy atom. The second-order valence-electron chi connectivity index (χ2n) is 10.6. The number of nitrogens with one attached hydrogen (secondary N) is 2. The predicted molar refractivity (Wildman–Crippen MR) is 141 cm³/mol. The number of hydrogen-bond donors (Lipinski definition) is 2. The van der Waals surface area contributed by atoms with E-state index in [1.54, 1.807) is 6.07 Å². The highest BCUT2D eigenvalue weighted by Crippen LogP contribution is 2.39. The molecule has 1 aromatic carbocycles. The molecule has 0 radical (unpaired) electrons. The van der Waals surface area contributed by atoms with Crippen molar-refractivity contribution < 1.29 is 18.7 Å². The maximum absolute atomic E-state index is 14.8. The van der Waals surface area contributed by atoms with Crippen LogP contribution in [0.1, 0.15) is 75.6 Å². The van der Waals surface area contributed by atoms with Crippen molar-refractivity contribution in [3.05, 3.63) is 40.8 Å². The molecule has 0 bridgehead atoms. The van der Waals surface area contributed by atoms with Crippen LogP contribution >= 0.6 is 0 Å². The first-order chi connectivity index (χ1) is 16.7. The second-order valence-corrected chi connectivity index (χ2v) is 13.5. The number of hydrogen-bond acceptors (Lipinski definition) is 6. The standard InChI is InChI=1S/C21H26FN3O2S2.C5H10O/c1-2-3-20(26)27-10-13-4-5-14(8-13)18-9-19(25-24-18)23-17-7-6-15-11-29(28)12-16(15)21(17)22;1-5(2)3-6-4-5/h6-7,9,13-14H,2-5,8,10-12H2,1H3,(H2,23,24,25);3-4H2,1-2H3. The molecule has 0 spiro atoms. The topological polar surface area (TPSA) is 76.2 Å². The molecule has 0 amide bonds. The van der Waals surface area contributed by atoms with Crippen LogP contribution in [0.5, 0.6) is 0 Å². The summed E-state index contributed by atoms with van der Waals surface area (Å²) < 4.78 is 25.1. The third-order valence-corrected chi connectivity index (χ3v) is 8.67. The van der Waals surface area contributed by atoms with Crippen LogP contribution in [0.2, 0.25) is 0 Å². The van der Waals surface area contributed by atoms with Gasteiger partial charge in [0, 0.05) is 46.6 Å². The van der Waals surface area contributed by atoms with E-state index in [-0.39, 0.29) is 21.2 Å². The molecule has 3 unspecified atom stereocenters. The quantitative estimate of drug-likeness (QED) is 0.458. The lowest BCUT2D eigenvalue weighted by Crippen LogP contribution is -2.36. The molecular weight excluding hydrogens is 485 g/mol. The van der Waals surface area contributed by atoms with E-state index in [2.05, 4.69) is 29.4 Å². The van der Waals surface area contributed by atoms with Gasteiger partial charge in [0.2, 0.25) is 0 Å². The van der Waals surface area contributed by atoms with Crippen LogP contribution in [0.15, 0.2) is 18.2 Å². The number of aromatic amines is 1. The van der Waals surface area contributed by atoms with Crippen molar-refractivity contribution in [2.24, 2.45) is 11.3 Å². The molecule has 1 aliphatic carbocycles. The summed E-state index contributed by atoms with van der Waals surface area (Å²) in [4.78, 5) is 11.6. The molecule has 2 aromatic rings. The fraction of sp³-hybridized carbons (Fsp3) is 0.615. The van der Waals surface area contributed by atoms with E-state index in [9.17, 15) is 9.18 Å². The maximum Gasteiger partial charge on any atom is 0.305 e. The summed E-state index contributed by atoms with van der Waals surface area (Å²) in [5, 5.41) is 10.5. The Labute approximate surface area is 214 Å². The van der Waals surface area contributed by atoms with Gasteiger partial charge in [-0.25, -0.2) is 4.39 Å². The van der Waals surface area contributed by atoms with Gasteiger partial charge in [-0.2, -0.15) is 5.10 Å². The van der Waals surface area contributed by atoms with Gasteiger partial charge in [0.05, 0.1) is 25.5 Å². The number of carbonyl (C=O) groups is 1. The Hall–Kier alpha value is -1.84. The summed E-state index contributed by atoms with van der Waals surface area (Å²) in [7, 11) is -0.179. The Kier molecular flexibility index (Phi) is 8.60. The van der Waals surface area contributed by atoms with Crippen molar-refractivity contribution in [1.29, 1.82) is 0 Å². The monoisotopic (exact) mass is 521 g/mol. The largest absolute Gasteiger partial charge is 0.465 e. The highest BCUT2D eigenvalue weighted by molar-refractivity contribution is 8.28. The molecular formula is C26H36FN3O3S2. The van der Waals surface area contributed by atoms with Crippen molar-refractivity contribution in [3.8, 4) is 0 Å². The molecule has 2 aliphatic heterocycles. The number of rotatable bonds is 7. The number of aromatic nitrogens is 2. The zero-order chi connectivity index (χ0) is 25.0. The van der Waals surface area contributed by atoms with E-state index in [0.717, 1.165) is 61.5 Å². The molecule has 1 aromatic heterocycles. The molecule has 3 atom stereocenters. The molecule has 3 aliphatic rings. The van der Waals surface area contributed by atoms with Crippen molar-refractivity contribution >= 4 is 38.1 Å². The van der Waals surface area contributed by atoms with Gasteiger partial charge in [0.1, 0.15) is 0 Å². The normalized spacial score (nSPS) is 24.2. The lowest BCUT2D eigenvalue weighted by Gasteiger charge is -2.33. The minimum Gasteiger partial charge on any atom is -0.465 e. The second kappa shape index (κ2) is 11.5. The van der Waals surface area contributed by atoms with Crippen molar-refractivity contribution in [3.63, 3.8) is 0 Å². The summed E-state index contributed by atoms with van der Waals surface area (Å²) in [6.07, 6.45) is 4.34. The minimum atomic E-state index is -0.207. The number of fused-ring (bicyclic) bond motifs is 1. The van der Waals surface area contributed by atoms with Crippen LogP contribution in [0.3, 0.4) is 0 Å². The first-order valence-corrected chi connectivity index (χ1v) is 14.9. The minimum absolute atomic E-state index is 0.108. The van der Waals surface area contributed by atoms with E-state index in [1.807, 2.05) is 19.1 Å². The number of carbonyl (C=O) groups excluding carboxylic acids is 1. The molecule has 6 nitrogen and oxygen atoms in total. The summed E-state index contributed by atoms with van der Waals surface area (Å²) in [5.41, 5.74) is 3.78. The zero-order valence-corrected chi connectivity index (χ0v) is 22.5. The van der Waals surface area contributed by atoms with Gasteiger partial charge >= 0.3 is 5.97 Å². The number of nitrogens with zero attached hydrogens (tertiary/aromatic N) is 1. The lowest BCUT2D eigenvalue weighted by atomic mass is 9.92. The average molecular weight is 522 g/mol. The van der Waals surface area contributed by atoms with Crippen molar-refractivity contribution in [2.45, 2.75) is 70.3 Å². The molecule has 35 heavy (non-hydrogen) atoms. The van der Waals surface area contributed by atoms with E-state index in [0.29, 0.717) is 47.5 Å². The smallest absolute Gasteiger partial charge is 0.305 e. The van der Waals surface area contributed by atoms with Gasteiger partial charge in [0.25, 0.3) is 0 Å². The Morgan fingerprint density at radius 1 is 1.34 bits per heavy atom. The van der Waals surface area contributed by atoms with Gasteiger partial charge in [-0.05, 0) is 43.2 Å². The Bertz CT molecular complexity index is 1070. The fourth-order valence-corrected chi connectivity index (χ4v) is 6.78. The summed E-state index contributed by atoms with van der Waals surface area (Å²) in [6, 6.07) is 5.70. The van der Waals surface area contributed by atoms with Crippen LogP contribution in [-0.2, 0) is 46.4 Å². The third-order valence-electron chi connectivity index (χ3n) is 6.72. The Balaban J connectivity index is 0.000000421. The van der Waals surface area contributed by atoms with Crippen LogP contribution < -0.4 is 5.32 Å². The summed E-state index contributed by atoms with van der Waals surface area (Å²) in [5.74, 6) is 2.49. The first-order valence-electron chi connectivity index (χ1n) is 12.4. The van der Waals surface area contributed by atoms with Crippen LogP contribution in [0.4, 0.5) is 15.9 Å². The number of benzene rings is 1. The van der Waals surface area contributed by atoms with Gasteiger partial charge in [-0.3, -0.25) is 9.89 Å². The fourth-order valence-electron chi connectivity index (χ4n) is 4.69. The van der Waals surface area contributed by atoms with Gasteiger partial charge in [-0.15, -0.1) is 9.45 Å². The molecule has 2 fully saturated rings. The summed E-state index contributed by atoms with van der Waals surface area (Å²) in [6.45, 7) is 8.79. The van der Waals surface area contributed by atoms with E-state index < -0.39 is 0 Å². The average Bonchev–Trinajstić information content (AvgIpc) is 3.53. The molecule has 3 heterocycles. The summed E-state index contributed by atoms with van der Waals surface area (Å²) >= 11 is 5.36. The first kappa shape index (κ1) is 26.2. The van der Waals surface area contributed by atoms with Gasteiger partial charge < -0.3 is 14.8 Å². The van der Waals surface area contributed by atoms with E-state index in [1.165, 1.54) is 0 Å². The molecule has 9 heteroatoms. The van der Waals surface area contributed by atoms with Crippen molar-refractivity contribution in [2.75, 3.05) is 25.1 Å². The van der Waals surface area contributed by atoms with Crippen LogP contribution in [0, 0.1) is 17.2 Å². The molecule has 1 saturated carbocycles. The van der Waals surface area contributed by atoms with Crippen molar-refractivity contribution in [1.82, 2.24) is 10.2 Å². The number of H-pyrrole nitrogens is 1. The Morgan fingerprint density at radius 2 is 2.11 bits per heavy atom. The number of halogens is 1. The maximum atomic E-state index is 14.8. The highest BCUT2D eigenvalue weighted by Gasteiger charge is 2.29. The molecule has 192 valence electrons. The lowest BCUT2D eigenvalue weighted by molar-refractivity contribution is -0.145. The van der Waals surface area contributed by atoms with Crippen LogP contribution in [-0.4, -0.2) is 36.0 Å². The van der Waals surface area contributed by atoms with Gasteiger partial charge in [-0.1, -0.05) is 38.0 Å². The number of anilines is 2. The predicted octanol–water partition coefficient (Wildman–Crippen LogP) is 5.66. The van der Waals surface area contributed by atoms with E-state index in [4.69, 9.17) is 20.7 Å². The third kappa shape index (κ3) is 6.89. The van der Waals surface area contributed by atoms with Gasteiger partial charge in [0.15, 0.2) is 11.6 Å². The number of esters is 1. The number of ether oxygens (including phenoxy) is 2. The van der Waals surface area contributed by atoms with E-state index >= 15 is 0 Å². The van der Waals surface area contributed by atoms with Crippen LogP contribution in [0.25, 0.3) is 0 Å². The zero-order valence-electron chi connectivity index (χ0n) is 20.8. The molecule has 5 rings (SSSR count).